The lowest BCUT2D eigenvalue weighted by Crippen LogP contribution is -2.51. The first-order chi connectivity index (χ1) is 22.7. The van der Waals surface area contributed by atoms with Crippen molar-refractivity contribution in [3.05, 3.63) is 70.3 Å². The van der Waals surface area contributed by atoms with Crippen molar-refractivity contribution in [3.8, 4) is 5.75 Å². The molecule has 6 rings (SSSR count). The lowest BCUT2D eigenvalue weighted by molar-refractivity contribution is 0.0354. The van der Waals surface area contributed by atoms with E-state index in [2.05, 4.69) is 14.5 Å². The first-order valence-corrected chi connectivity index (χ1v) is 18.8. The van der Waals surface area contributed by atoms with E-state index in [1.54, 1.807) is 18.2 Å². The predicted octanol–water partition coefficient (Wildman–Crippen LogP) is 4.41. The average molecular weight is 687 g/mol. The molecule has 10 nitrogen and oxygen atoms in total. The van der Waals surface area contributed by atoms with E-state index in [1.165, 1.54) is 9.87 Å². The average Bonchev–Trinajstić information content (AvgIpc) is 3.06. The molecule has 2 bridgehead atoms. The van der Waals surface area contributed by atoms with Crippen molar-refractivity contribution in [2.75, 3.05) is 57.4 Å². The van der Waals surface area contributed by atoms with Crippen LogP contribution in [0.1, 0.15) is 60.5 Å². The summed E-state index contributed by atoms with van der Waals surface area (Å²) < 4.78 is 43.3. The van der Waals surface area contributed by atoms with Crippen molar-refractivity contribution in [2.24, 2.45) is 11.8 Å². The summed E-state index contributed by atoms with van der Waals surface area (Å²) in [5.74, 6) is 0.337. The third-order valence-electron chi connectivity index (χ3n) is 10.2. The summed E-state index contributed by atoms with van der Waals surface area (Å²) in [6.45, 7) is 7.07. The molecule has 1 aliphatic carbocycles. The van der Waals surface area contributed by atoms with Crippen LogP contribution in [0.3, 0.4) is 0 Å². The SMILES string of the molecule is C[C@H]1C/C=C/C(O)[C@@H]2CC[C@H]2CN2CCCCc3cc(Cl)ccc3COc3ccc(cc32)C(=O)NS(=O)(=O)N1CCN1CCOCC1. The Bertz CT molecular complexity index is 1550. The Kier molecular flexibility index (Phi) is 11.1. The molecule has 0 spiro atoms. The summed E-state index contributed by atoms with van der Waals surface area (Å²) >= 11 is 6.33. The predicted molar refractivity (Wildman–Crippen MR) is 183 cm³/mol. The second-order valence-electron chi connectivity index (χ2n) is 13.3. The molecule has 0 aromatic heterocycles. The molecule has 1 saturated carbocycles. The van der Waals surface area contributed by atoms with Crippen LogP contribution in [0, 0.1) is 11.8 Å². The zero-order valence-corrected chi connectivity index (χ0v) is 28.7. The third-order valence-corrected chi connectivity index (χ3v) is 12.0. The Balaban J connectivity index is 1.33. The number of hydrogen-bond acceptors (Lipinski definition) is 8. The van der Waals surface area contributed by atoms with Crippen molar-refractivity contribution in [1.29, 1.82) is 0 Å². The van der Waals surface area contributed by atoms with E-state index in [9.17, 15) is 18.3 Å². The fourth-order valence-electron chi connectivity index (χ4n) is 7.19. The Labute approximate surface area is 283 Å². The van der Waals surface area contributed by atoms with Crippen LogP contribution in [0.15, 0.2) is 48.6 Å². The standard InChI is InChI=1S/C35H47ClN4O6S/c1-25-5-4-7-33(41)31-12-9-28(31)23-39-14-3-2-6-26-21-30(36)11-8-29(26)24-46-34-13-10-27(22-32(34)39)35(42)37-47(43,44)40(25)16-15-38-17-19-45-20-18-38/h4,7-8,10-11,13,21-22,25,28,31,33,41H,2-3,5-6,9,12,14-20,23-24H2,1H3,(H,37,42)/b7-4+/t25-,28-,31+,33?/m0/s1. The number of carbonyl (C=O) groups excluding carboxylic acids is 1. The van der Waals surface area contributed by atoms with Crippen molar-refractivity contribution in [1.82, 2.24) is 13.9 Å². The molecule has 2 aromatic rings. The maximum atomic E-state index is 13.8. The fraction of sp³-hybridized carbons (Fsp3) is 0.571. The number of hydrogen-bond donors (Lipinski definition) is 2. The normalized spacial score (nSPS) is 28.4. The molecule has 1 unspecified atom stereocenters. The summed E-state index contributed by atoms with van der Waals surface area (Å²) in [7, 11) is -4.20. The van der Waals surface area contributed by atoms with Crippen molar-refractivity contribution in [3.63, 3.8) is 0 Å². The van der Waals surface area contributed by atoms with Crippen LogP contribution in [0.5, 0.6) is 5.75 Å². The van der Waals surface area contributed by atoms with Gasteiger partial charge in [0.15, 0.2) is 0 Å². The summed E-state index contributed by atoms with van der Waals surface area (Å²) in [5, 5.41) is 11.9. The van der Waals surface area contributed by atoms with Crippen LogP contribution in [0.25, 0.3) is 0 Å². The number of nitrogens with one attached hydrogen (secondary N) is 1. The molecule has 2 fully saturated rings. The highest BCUT2D eigenvalue weighted by molar-refractivity contribution is 7.87. The largest absolute Gasteiger partial charge is 0.487 e. The smallest absolute Gasteiger partial charge is 0.304 e. The summed E-state index contributed by atoms with van der Waals surface area (Å²) in [6, 6.07) is 10.6. The maximum Gasteiger partial charge on any atom is 0.304 e. The highest BCUT2D eigenvalue weighted by Crippen LogP contribution is 2.41. The van der Waals surface area contributed by atoms with Crippen LogP contribution in [0.2, 0.25) is 5.02 Å². The zero-order valence-electron chi connectivity index (χ0n) is 27.2. The molecule has 1 amide bonds. The highest BCUT2D eigenvalue weighted by Gasteiger charge is 2.37. The Hall–Kier alpha value is -2.67. The number of benzene rings is 2. The van der Waals surface area contributed by atoms with Gasteiger partial charge in [0.1, 0.15) is 12.4 Å². The molecular formula is C35H47ClN4O6S. The maximum absolute atomic E-state index is 13.8. The topological polar surface area (TPSA) is 112 Å². The molecule has 1 saturated heterocycles. The van der Waals surface area contributed by atoms with Gasteiger partial charge in [-0.25, -0.2) is 4.72 Å². The summed E-state index contributed by atoms with van der Waals surface area (Å²) in [4.78, 5) is 18.1. The zero-order chi connectivity index (χ0) is 33.0. The van der Waals surface area contributed by atoms with E-state index in [0.29, 0.717) is 50.1 Å². The van der Waals surface area contributed by atoms with Gasteiger partial charge in [-0.1, -0.05) is 29.8 Å². The number of aliphatic hydroxyl groups is 1. The number of ether oxygens (including phenoxy) is 2. The molecule has 3 aliphatic heterocycles. The van der Waals surface area contributed by atoms with Gasteiger partial charge in [-0.15, -0.1) is 0 Å². The first-order valence-electron chi connectivity index (χ1n) is 17.0. The van der Waals surface area contributed by atoms with Gasteiger partial charge in [0.2, 0.25) is 0 Å². The van der Waals surface area contributed by atoms with Gasteiger partial charge < -0.3 is 19.5 Å². The molecular weight excluding hydrogens is 640 g/mol. The molecule has 256 valence electrons. The molecule has 0 radical (unpaired) electrons. The second kappa shape index (κ2) is 15.3. The number of anilines is 1. The van der Waals surface area contributed by atoms with Crippen LogP contribution in [-0.4, -0.2) is 93.3 Å². The van der Waals surface area contributed by atoms with E-state index < -0.39 is 28.3 Å². The number of fused-ring (bicyclic) bond motifs is 3. The third kappa shape index (κ3) is 8.32. The van der Waals surface area contributed by atoms with Gasteiger partial charge in [-0.05, 0) is 98.7 Å². The molecule has 4 atom stereocenters. The van der Waals surface area contributed by atoms with Crippen molar-refractivity contribution in [2.45, 2.75) is 64.2 Å². The minimum absolute atomic E-state index is 0.107. The van der Waals surface area contributed by atoms with Crippen LogP contribution in [0.4, 0.5) is 5.69 Å². The quantitative estimate of drug-likeness (QED) is 0.457. The van der Waals surface area contributed by atoms with Crippen LogP contribution >= 0.6 is 11.6 Å². The van der Waals surface area contributed by atoms with E-state index in [4.69, 9.17) is 21.1 Å². The minimum Gasteiger partial charge on any atom is -0.487 e. The number of morpholine rings is 1. The lowest BCUT2D eigenvalue weighted by Gasteiger charge is -2.42. The van der Waals surface area contributed by atoms with Gasteiger partial charge >= 0.3 is 10.2 Å². The molecule has 2 N–H and O–H groups in total. The minimum atomic E-state index is -4.20. The monoisotopic (exact) mass is 686 g/mol. The van der Waals surface area contributed by atoms with E-state index >= 15 is 0 Å². The van der Waals surface area contributed by atoms with Gasteiger partial charge in [0, 0.05) is 55.9 Å². The molecule has 12 heteroatoms. The van der Waals surface area contributed by atoms with Crippen LogP contribution in [-0.2, 0) is 28.0 Å². The molecule has 2 aromatic carbocycles. The number of rotatable bonds is 3. The number of amides is 1. The van der Waals surface area contributed by atoms with Crippen molar-refractivity contribution < 1.29 is 27.8 Å². The van der Waals surface area contributed by atoms with Gasteiger partial charge in [0.25, 0.3) is 5.91 Å². The van der Waals surface area contributed by atoms with E-state index in [-0.39, 0.29) is 23.9 Å². The van der Waals surface area contributed by atoms with Gasteiger partial charge in [-0.3, -0.25) is 9.69 Å². The number of carbonyl (C=O) groups is 1. The molecule has 3 heterocycles. The van der Waals surface area contributed by atoms with E-state index in [1.807, 2.05) is 37.3 Å². The molecule has 47 heavy (non-hydrogen) atoms. The number of nitrogens with zero attached hydrogens (tertiary/aromatic N) is 3. The molecule has 4 aliphatic rings. The summed E-state index contributed by atoms with van der Waals surface area (Å²) in [6.07, 6.45) is 8.21. The number of aliphatic hydroxyl groups excluding tert-OH is 1. The summed E-state index contributed by atoms with van der Waals surface area (Å²) in [5.41, 5.74) is 3.24. The Morgan fingerprint density at radius 3 is 2.64 bits per heavy atom. The van der Waals surface area contributed by atoms with Crippen molar-refractivity contribution >= 4 is 33.4 Å². The Morgan fingerprint density at radius 1 is 1.02 bits per heavy atom. The van der Waals surface area contributed by atoms with E-state index in [0.717, 1.165) is 63.0 Å². The van der Waals surface area contributed by atoms with Gasteiger partial charge in [0.05, 0.1) is 25.0 Å². The highest BCUT2D eigenvalue weighted by atomic mass is 35.5. The Morgan fingerprint density at radius 2 is 1.85 bits per heavy atom. The first kappa shape index (κ1) is 34.2. The second-order valence-corrected chi connectivity index (χ2v) is 15.4. The number of aryl methyl sites for hydroxylation is 1. The van der Waals surface area contributed by atoms with Gasteiger partial charge in [-0.2, -0.15) is 12.7 Å². The fourth-order valence-corrected chi connectivity index (χ4v) is 8.73. The number of halogens is 1. The lowest BCUT2D eigenvalue weighted by atomic mass is 9.70. The van der Waals surface area contributed by atoms with Crippen LogP contribution < -0.4 is 14.4 Å².